The molecule has 0 unspecified atom stereocenters. The largest absolute Gasteiger partial charge is 0.478 e. The number of ether oxygens (including phenoxy) is 4. The Kier molecular flexibility index (Phi) is 33.8. The lowest BCUT2D eigenvalue weighted by Gasteiger charge is -2.20. The van der Waals surface area contributed by atoms with Crippen molar-refractivity contribution in [2.75, 3.05) is 27.2 Å². The van der Waals surface area contributed by atoms with E-state index in [1.807, 2.05) is 97.1 Å². The van der Waals surface area contributed by atoms with Gasteiger partial charge in [0.15, 0.2) is 5.78 Å². The summed E-state index contributed by atoms with van der Waals surface area (Å²) < 4.78 is 21.1. The molecule has 572 valence electrons. The first-order valence-electron chi connectivity index (χ1n) is 34.3. The number of rotatable bonds is 28. The van der Waals surface area contributed by atoms with Crippen molar-refractivity contribution in [3.63, 3.8) is 0 Å². The van der Waals surface area contributed by atoms with E-state index in [9.17, 15) is 47.9 Å². The molecular weight excluding hydrogens is 1480 g/mol. The van der Waals surface area contributed by atoms with Gasteiger partial charge >= 0.3 is 30.1 Å². The maximum absolute atomic E-state index is 13.5. The van der Waals surface area contributed by atoms with Crippen molar-refractivity contribution in [1.82, 2.24) is 31.5 Å². The van der Waals surface area contributed by atoms with E-state index in [1.54, 1.807) is 134 Å². The minimum Gasteiger partial charge on any atom is -0.478 e. The summed E-state index contributed by atoms with van der Waals surface area (Å²) in [6, 6.07) is 53.9. The molecule has 0 aromatic heterocycles. The van der Waals surface area contributed by atoms with Gasteiger partial charge in [-0.3, -0.25) is 45.4 Å². The van der Waals surface area contributed by atoms with Gasteiger partial charge in [-0.15, -0.1) is 0 Å². The Balaban J connectivity index is 0.000000287. The molecule has 27 heteroatoms. The average molecular weight is 1570 g/mol. The third-order valence-corrected chi connectivity index (χ3v) is 16.5. The summed E-state index contributed by atoms with van der Waals surface area (Å²) in [5, 5.41) is 37.9. The third kappa shape index (κ3) is 30.2. The molecule has 0 aliphatic rings. The average Bonchev–Trinajstić information content (AvgIpc) is 0.811. The van der Waals surface area contributed by atoms with E-state index in [0.29, 0.717) is 16.7 Å². The van der Waals surface area contributed by atoms with E-state index in [2.05, 4.69) is 26.6 Å². The van der Waals surface area contributed by atoms with Crippen LogP contribution in [0.1, 0.15) is 131 Å². The second-order valence-corrected chi connectivity index (χ2v) is 28.3. The van der Waals surface area contributed by atoms with Crippen LogP contribution in [0.15, 0.2) is 194 Å². The van der Waals surface area contributed by atoms with Crippen LogP contribution in [0.2, 0.25) is 20.1 Å². The number of nitrogens with zero attached hydrogens (tertiary/aromatic N) is 1. The molecule has 0 radical (unpaired) electrons. The van der Waals surface area contributed by atoms with Crippen molar-refractivity contribution in [2.45, 2.75) is 117 Å². The summed E-state index contributed by atoms with van der Waals surface area (Å²) in [4.78, 5) is 127. The zero-order valence-electron chi connectivity index (χ0n) is 61.3. The first kappa shape index (κ1) is 86.8. The van der Waals surface area contributed by atoms with E-state index in [1.165, 1.54) is 24.1 Å². The van der Waals surface area contributed by atoms with Gasteiger partial charge in [-0.1, -0.05) is 192 Å². The Labute approximate surface area is 652 Å². The zero-order chi connectivity index (χ0) is 80.0. The second-order valence-electron chi connectivity index (χ2n) is 26.7. The van der Waals surface area contributed by atoms with Crippen LogP contribution in [0.4, 0.5) is 9.59 Å². The zero-order valence-corrected chi connectivity index (χ0v) is 64.3. The molecule has 0 fully saturated rings. The minimum atomic E-state index is -1.24. The highest BCUT2D eigenvalue weighted by molar-refractivity contribution is 6.41. The number of aromatic carboxylic acids is 1. The minimum absolute atomic E-state index is 0.0318. The van der Waals surface area contributed by atoms with Gasteiger partial charge in [-0.25, -0.2) is 24.0 Å². The van der Waals surface area contributed by atoms with Crippen molar-refractivity contribution in [1.29, 1.82) is 10.8 Å². The quantitative estimate of drug-likeness (QED) is 0.00977. The monoisotopic (exact) mass is 1560 g/mol. The van der Waals surface area contributed by atoms with E-state index in [4.69, 9.17) is 81.3 Å². The summed E-state index contributed by atoms with van der Waals surface area (Å²) in [6.07, 6.45) is -1.43. The van der Waals surface area contributed by atoms with Gasteiger partial charge in [-0.05, 0) is 154 Å². The topological polar surface area (TPSA) is 339 Å². The number of Topliss-reactive ketones (excluding diaryl/α,β-unsaturated/α-hetero) is 2. The molecule has 0 bridgehead atoms. The number of nitrogens with one attached hydrogen (secondary N) is 7. The molecule has 8 aromatic carbocycles. The number of esters is 2. The van der Waals surface area contributed by atoms with Crippen LogP contribution < -0.4 is 26.6 Å². The fraction of sp³-hybridized carbons (Fsp3) is 0.268. The summed E-state index contributed by atoms with van der Waals surface area (Å²) in [7, 11) is 3.13. The van der Waals surface area contributed by atoms with Crippen LogP contribution in [-0.2, 0) is 64.2 Å². The summed E-state index contributed by atoms with van der Waals surface area (Å²) >= 11 is 25.9. The van der Waals surface area contributed by atoms with Crippen LogP contribution in [0, 0.1) is 10.8 Å². The smallest absolute Gasteiger partial charge is 0.413 e. The van der Waals surface area contributed by atoms with Gasteiger partial charge in [0, 0.05) is 38.3 Å². The summed E-state index contributed by atoms with van der Waals surface area (Å²) in [6.45, 7) is 10.2. The normalized spacial score (nSPS) is 11.4. The fourth-order valence-corrected chi connectivity index (χ4v) is 11.6. The molecule has 23 nitrogen and oxygen atoms in total. The third-order valence-electron chi connectivity index (χ3n) is 15.4. The number of halogens is 4. The molecule has 0 aliphatic heterocycles. The lowest BCUT2D eigenvalue weighted by Crippen LogP contribution is -2.42. The van der Waals surface area contributed by atoms with Crippen molar-refractivity contribution < 1.29 is 72.0 Å². The number of likely N-dealkylation sites (N-methyl/N-ethyl adjacent to an activating group) is 2. The molecule has 0 saturated heterocycles. The maximum Gasteiger partial charge on any atom is 0.413 e. The number of amidine groups is 2. The molecule has 5 amide bonds. The van der Waals surface area contributed by atoms with Crippen LogP contribution in [0.5, 0.6) is 0 Å². The number of carboxylic acid groups (broad SMARTS) is 1. The Hall–Kier alpha value is -11.1. The lowest BCUT2D eigenvalue weighted by molar-refractivity contribution is -0.148. The number of carbonyl (C=O) groups excluding carboxylic acids is 9. The van der Waals surface area contributed by atoms with Crippen LogP contribution in [-0.4, -0.2) is 132 Å². The van der Waals surface area contributed by atoms with Crippen LogP contribution in [0.3, 0.4) is 0 Å². The Morgan fingerprint density at radius 3 is 1.17 bits per heavy atom. The maximum atomic E-state index is 13.5. The molecule has 0 saturated carbocycles. The van der Waals surface area contributed by atoms with Gasteiger partial charge in [0.05, 0.1) is 49.9 Å². The van der Waals surface area contributed by atoms with E-state index in [-0.39, 0.29) is 130 Å². The highest BCUT2D eigenvalue weighted by atomic mass is 35.5. The number of benzene rings is 8. The number of hydrogen-bond acceptors (Lipinski definition) is 17. The molecule has 2 atom stereocenters. The standard InChI is InChI=1S/C41H42Cl2N4O7.C27H26Cl2N2O4.C14H18N2O4/c1-41(2,3)54-40(52)46-35(44)21-27-14-11-17-29(20-27)38(50)47(4)24-31(48)18-19-34(39(51)53-25-26-12-7-5-8-13-26)45-37(49)36-32(42)22-30(23-33(36)43)28-15-9-6-10-16-28;1-30-16-21(32)12-13-24(27(34)35-17-18-8-4-2-5-9-18)31-26(33)25-22(28)14-20(15-23(25)29)19-10-6-3-7-11-19;1-14(2,3)20-13(19)16-11(15)8-9-5-4-6-10(7-9)12(17)18/h5-17,20,22-23,34H,18-19,21,24-25H2,1-4H3,(H,45,49)(H2,44,46,52);2-11,14-15,24,30H,12-13,16-17H2,1H3,(H,31,33);4-7H,8H2,1-3H3,(H,17,18)(H2,15,16,19)/t34-;24-;/m00./s1. The van der Waals surface area contributed by atoms with Crippen LogP contribution >= 0.6 is 46.4 Å². The van der Waals surface area contributed by atoms with Gasteiger partial charge in [0.2, 0.25) is 0 Å². The summed E-state index contributed by atoms with van der Waals surface area (Å²) in [5.41, 5.74) is 5.04. The van der Waals surface area contributed by atoms with E-state index in [0.717, 1.165) is 27.8 Å². The number of carboxylic acids is 1. The predicted octanol–water partition coefficient (Wildman–Crippen LogP) is 15.2. The van der Waals surface area contributed by atoms with E-state index < -0.39 is 71.1 Å². The predicted molar refractivity (Wildman–Crippen MR) is 420 cm³/mol. The first-order valence-corrected chi connectivity index (χ1v) is 35.8. The first-order chi connectivity index (χ1) is 51.6. The lowest BCUT2D eigenvalue weighted by atomic mass is 10.0. The molecule has 8 N–H and O–H groups in total. The van der Waals surface area contributed by atoms with Crippen molar-refractivity contribution in [2.24, 2.45) is 0 Å². The highest BCUT2D eigenvalue weighted by Gasteiger charge is 2.30. The number of carbonyl (C=O) groups is 10. The molecule has 109 heavy (non-hydrogen) atoms. The van der Waals surface area contributed by atoms with Crippen molar-refractivity contribution in [3.05, 3.63) is 259 Å². The Bertz CT molecular complexity index is 4490. The second kappa shape index (κ2) is 42.5. The highest BCUT2D eigenvalue weighted by Crippen LogP contribution is 2.34. The molecule has 8 aromatic rings. The van der Waals surface area contributed by atoms with Crippen LogP contribution in [0.25, 0.3) is 22.3 Å². The molecular formula is C82H86Cl4N8O15. The molecule has 8 rings (SSSR count). The van der Waals surface area contributed by atoms with Gasteiger partial charge in [0.25, 0.3) is 17.7 Å². The number of ketones is 2. The van der Waals surface area contributed by atoms with Gasteiger partial charge < -0.3 is 44.9 Å². The Morgan fingerprint density at radius 1 is 0.459 bits per heavy atom. The Morgan fingerprint density at radius 2 is 0.807 bits per heavy atom. The van der Waals surface area contributed by atoms with Crippen molar-refractivity contribution >= 4 is 117 Å². The van der Waals surface area contributed by atoms with Gasteiger partial charge in [0.1, 0.15) is 54.0 Å². The van der Waals surface area contributed by atoms with Gasteiger partial charge in [-0.2, -0.15) is 0 Å². The SMILES string of the molecule is CC(C)(C)OC(=O)NC(=N)Cc1cccc(C(=O)O)c1.CN(CC(=O)CC[C@H](NC(=O)c1c(Cl)cc(-c2ccccc2)cc1Cl)C(=O)OCc1ccccc1)C(=O)c1cccc(CC(=N)NC(=O)OC(C)(C)C)c1.CNCC(=O)CC[C@H](NC(=O)c1c(Cl)cc(-c2ccccc2)cc1Cl)C(=O)OCc1ccccc1. The molecule has 0 spiro atoms. The fourth-order valence-electron chi connectivity index (χ4n) is 10.3. The summed E-state index contributed by atoms with van der Waals surface area (Å²) in [5.74, 6) is -4.87. The molecule has 0 aliphatic carbocycles. The number of amides is 5. The van der Waals surface area contributed by atoms with E-state index >= 15 is 0 Å². The number of alkyl carbamates (subject to hydrolysis) is 2. The number of hydrogen-bond donors (Lipinski definition) is 8. The van der Waals surface area contributed by atoms with Crippen molar-refractivity contribution in [3.8, 4) is 22.3 Å². The molecule has 0 heterocycles.